The van der Waals surface area contributed by atoms with Crippen LogP contribution in [0, 0.1) is 0 Å². The number of hydrogen-bond acceptors (Lipinski definition) is 4. The van der Waals surface area contributed by atoms with Crippen molar-refractivity contribution in [3.8, 4) is 0 Å². The molecule has 2 nitrogen and oxygen atoms in total. The van der Waals surface area contributed by atoms with Gasteiger partial charge in [0.15, 0.2) is 0 Å². The van der Waals surface area contributed by atoms with Crippen LogP contribution in [0.25, 0.3) is 0 Å². The largest absolute Gasteiger partial charge is 0.207 e. The van der Waals surface area contributed by atoms with Gasteiger partial charge in [0.25, 0.3) is 0 Å². The van der Waals surface area contributed by atoms with Crippen LogP contribution in [0.4, 0.5) is 0 Å². The summed E-state index contributed by atoms with van der Waals surface area (Å²) in [4.78, 5) is 0. The van der Waals surface area contributed by atoms with E-state index in [9.17, 15) is 0 Å². The van der Waals surface area contributed by atoms with Crippen LogP contribution in [0.1, 0.15) is 23.2 Å². The van der Waals surface area contributed by atoms with Crippen molar-refractivity contribution in [1.29, 1.82) is 0 Å². The van der Waals surface area contributed by atoms with E-state index >= 15 is 0 Å². The van der Waals surface area contributed by atoms with Crippen LogP contribution in [-0.4, -0.2) is 20.7 Å². The molecule has 0 N–H and O–H groups in total. The molecule has 2 aromatic carbocycles. The molecule has 0 spiro atoms. The van der Waals surface area contributed by atoms with Crippen LogP contribution >= 0.6 is 32.8 Å². The van der Waals surface area contributed by atoms with Crippen LogP contribution in [0.3, 0.4) is 0 Å². The molecule has 0 unspecified atom stereocenters. The highest BCUT2D eigenvalue weighted by Gasteiger charge is 2.41. The van der Waals surface area contributed by atoms with Crippen LogP contribution in [0.15, 0.2) is 60.7 Å². The maximum Gasteiger partial charge on any atom is 0.0713 e. The highest BCUT2D eigenvalue weighted by atomic mass is 32.2. The number of nitrogens with zero attached hydrogens (tertiary/aromatic N) is 2. The molecule has 0 aromatic heterocycles. The van der Waals surface area contributed by atoms with E-state index in [2.05, 4.69) is 81.3 Å². The van der Waals surface area contributed by atoms with Crippen molar-refractivity contribution in [2.75, 3.05) is 12.5 Å². The summed E-state index contributed by atoms with van der Waals surface area (Å²) < 4.78 is 5.01. The molecular weight excluding hydrogens is 315 g/mol. The number of rotatable bonds is 4. The molecule has 0 radical (unpaired) electrons. The van der Waals surface area contributed by atoms with E-state index < -0.39 is 0 Å². The molecule has 1 aliphatic heterocycles. The number of benzene rings is 2. The molecule has 0 bridgehead atoms. The van der Waals surface area contributed by atoms with Gasteiger partial charge in [-0.3, -0.25) is 0 Å². The fourth-order valence-corrected chi connectivity index (χ4v) is 6.01. The molecular formula is C16H19N2PS2. The topological polar surface area (TPSA) is 6.48 Å². The minimum absolute atomic E-state index is 0.398. The predicted molar refractivity (Wildman–Crippen MR) is 97.4 cm³/mol. The normalized spacial score (nSPS) is 23.5. The third-order valence-corrected chi connectivity index (χ3v) is 7.45. The van der Waals surface area contributed by atoms with E-state index in [1.165, 1.54) is 11.1 Å². The molecule has 1 saturated heterocycles. The molecule has 2 aromatic rings. The van der Waals surface area contributed by atoms with E-state index in [0.717, 1.165) is 0 Å². The van der Waals surface area contributed by atoms with Crippen molar-refractivity contribution < 1.29 is 0 Å². The third kappa shape index (κ3) is 3.15. The molecule has 3 rings (SSSR count). The van der Waals surface area contributed by atoms with Crippen LogP contribution in [0.5, 0.6) is 0 Å². The SMILES string of the molecule is CSN1PN(SC)[C@H](c2ccccc2)[C@H]1c1ccccc1. The smallest absolute Gasteiger partial charge is 0.0713 e. The molecule has 5 heteroatoms. The van der Waals surface area contributed by atoms with Gasteiger partial charge in [-0.15, -0.1) is 0 Å². The minimum atomic E-state index is 0.398. The van der Waals surface area contributed by atoms with Gasteiger partial charge in [-0.05, 0) is 23.6 Å². The van der Waals surface area contributed by atoms with Gasteiger partial charge >= 0.3 is 0 Å². The molecule has 1 aliphatic rings. The van der Waals surface area contributed by atoms with Gasteiger partial charge in [0.05, 0.1) is 12.1 Å². The van der Waals surface area contributed by atoms with Crippen molar-refractivity contribution in [3.05, 3.63) is 71.8 Å². The fourth-order valence-electron chi connectivity index (χ4n) is 2.72. The zero-order valence-electron chi connectivity index (χ0n) is 12.1. The zero-order valence-corrected chi connectivity index (χ0v) is 14.8. The van der Waals surface area contributed by atoms with Gasteiger partial charge < -0.3 is 0 Å². The Hall–Kier alpha value is -0.510. The lowest BCUT2D eigenvalue weighted by Crippen LogP contribution is -2.18. The molecule has 0 saturated carbocycles. The van der Waals surface area contributed by atoms with E-state index in [1.807, 2.05) is 23.9 Å². The quantitative estimate of drug-likeness (QED) is 0.563. The summed E-state index contributed by atoms with van der Waals surface area (Å²) in [5.41, 5.74) is 2.79. The fraction of sp³-hybridized carbons (Fsp3) is 0.250. The van der Waals surface area contributed by atoms with Gasteiger partial charge in [0.1, 0.15) is 0 Å². The monoisotopic (exact) mass is 334 g/mol. The van der Waals surface area contributed by atoms with Gasteiger partial charge in [-0.25, -0.2) is 8.15 Å². The lowest BCUT2D eigenvalue weighted by Gasteiger charge is -2.27. The van der Waals surface area contributed by atoms with Crippen molar-refractivity contribution in [2.24, 2.45) is 0 Å². The standard InChI is InChI=1S/C16H19N2PS2/c1-20-17-15(13-9-5-3-6-10-13)16(18(19-17)21-2)14-11-7-4-8-12-14/h3-12,15-16,19H,1-2H3/t15-,16-/m1/s1. The summed E-state index contributed by atoms with van der Waals surface area (Å²) in [6.45, 7) is 0. The summed E-state index contributed by atoms with van der Waals surface area (Å²) in [5.74, 6) is 0. The summed E-state index contributed by atoms with van der Waals surface area (Å²) in [6, 6.07) is 22.5. The average Bonchev–Trinajstić information content (AvgIpc) is 2.95. The molecule has 21 heavy (non-hydrogen) atoms. The maximum atomic E-state index is 2.50. The maximum absolute atomic E-state index is 2.50. The van der Waals surface area contributed by atoms with Crippen LogP contribution < -0.4 is 0 Å². The Kier molecular flexibility index (Phi) is 5.25. The first-order valence-corrected chi connectivity index (χ1v) is 10.1. The Labute approximate surface area is 137 Å². The Bertz CT molecular complexity index is 516. The van der Waals surface area contributed by atoms with Gasteiger partial charge in [-0.2, -0.15) is 0 Å². The van der Waals surface area contributed by atoms with E-state index in [0.29, 0.717) is 21.0 Å². The van der Waals surface area contributed by atoms with Gasteiger partial charge in [-0.1, -0.05) is 84.6 Å². The minimum Gasteiger partial charge on any atom is -0.207 e. The van der Waals surface area contributed by atoms with Crippen molar-refractivity contribution in [3.63, 3.8) is 0 Å². The predicted octanol–water partition coefficient (Wildman–Crippen LogP) is 5.15. The first-order chi connectivity index (χ1) is 10.3. The molecule has 0 aliphatic carbocycles. The summed E-state index contributed by atoms with van der Waals surface area (Å²) in [6.07, 6.45) is 4.35. The van der Waals surface area contributed by atoms with Gasteiger partial charge in [0.2, 0.25) is 0 Å². The second-order valence-corrected chi connectivity index (χ2v) is 8.16. The molecule has 1 fully saturated rings. The molecule has 2 atom stereocenters. The highest BCUT2D eigenvalue weighted by molar-refractivity contribution is 8.03. The van der Waals surface area contributed by atoms with Crippen molar-refractivity contribution >= 4 is 32.8 Å². The lowest BCUT2D eigenvalue weighted by atomic mass is 9.95. The first kappa shape index (κ1) is 15.4. The summed E-state index contributed by atoms with van der Waals surface area (Å²) >= 11 is 3.69. The van der Waals surface area contributed by atoms with Gasteiger partial charge in [0, 0.05) is 8.88 Å². The lowest BCUT2D eigenvalue weighted by molar-refractivity contribution is 0.415. The second-order valence-electron chi connectivity index (χ2n) is 4.83. The Balaban J connectivity index is 2.03. The molecule has 1 heterocycles. The highest BCUT2D eigenvalue weighted by Crippen LogP contribution is 2.59. The third-order valence-electron chi connectivity index (χ3n) is 3.68. The summed E-state index contributed by atoms with van der Waals surface area (Å²) in [7, 11) is 0.695. The van der Waals surface area contributed by atoms with Crippen LogP contribution in [-0.2, 0) is 0 Å². The Morgan fingerprint density at radius 3 is 1.43 bits per heavy atom. The van der Waals surface area contributed by atoms with E-state index in [1.54, 1.807) is 0 Å². The average molecular weight is 334 g/mol. The van der Waals surface area contributed by atoms with Crippen molar-refractivity contribution in [2.45, 2.75) is 12.1 Å². The number of hydrogen-bond donors (Lipinski definition) is 0. The molecule has 0 amide bonds. The van der Waals surface area contributed by atoms with Crippen molar-refractivity contribution in [1.82, 2.24) is 8.15 Å². The van der Waals surface area contributed by atoms with E-state index in [-0.39, 0.29) is 0 Å². The summed E-state index contributed by atoms with van der Waals surface area (Å²) in [5, 5.41) is 0. The van der Waals surface area contributed by atoms with Crippen LogP contribution in [0.2, 0.25) is 0 Å². The second kappa shape index (κ2) is 7.17. The Morgan fingerprint density at radius 1 is 0.714 bits per heavy atom. The zero-order chi connectivity index (χ0) is 14.7. The molecule has 110 valence electrons. The first-order valence-electron chi connectivity index (χ1n) is 6.88. The Morgan fingerprint density at radius 2 is 1.10 bits per heavy atom. The van der Waals surface area contributed by atoms with E-state index in [4.69, 9.17) is 0 Å².